The van der Waals surface area contributed by atoms with Crippen LogP contribution < -0.4 is 11.5 Å². The van der Waals surface area contributed by atoms with Gasteiger partial charge in [-0.05, 0) is 0 Å². The van der Waals surface area contributed by atoms with Crippen LogP contribution in [0.25, 0.3) is 0 Å². The van der Waals surface area contributed by atoms with Gasteiger partial charge in [-0.1, -0.05) is 0 Å². The molecular weight excluding hydrogens is 339 g/mol. The Morgan fingerprint density at radius 1 is 0.636 bits per heavy atom. The van der Waals surface area contributed by atoms with Gasteiger partial charge in [-0.3, -0.25) is 19.2 Å². The van der Waals surface area contributed by atoms with Gasteiger partial charge in [-0.2, -0.15) is 0 Å². The molecule has 0 spiro atoms. The van der Waals surface area contributed by atoms with E-state index in [4.69, 9.17) is 51.1 Å². The third kappa shape index (κ3) is 6490. The van der Waals surface area contributed by atoms with E-state index in [1.54, 1.807) is 0 Å². The molecule has 0 unspecified atom stereocenters. The van der Waals surface area contributed by atoms with Crippen molar-refractivity contribution in [1.29, 1.82) is 0 Å². The minimum absolute atomic E-state index is 0. The zero-order chi connectivity index (χ0) is 17.7. The molecule has 10 nitrogen and oxygen atoms in total. The van der Waals surface area contributed by atoms with E-state index >= 15 is 0 Å². The van der Waals surface area contributed by atoms with Crippen LogP contribution in [0.3, 0.4) is 0 Å². The van der Waals surface area contributed by atoms with Gasteiger partial charge in [0.25, 0.3) is 23.9 Å². The molecule has 0 amide bonds. The first-order valence-corrected chi connectivity index (χ1v) is 5.03. The predicted molar refractivity (Wildman–Crippen MR) is 85.6 cm³/mol. The van der Waals surface area contributed by atoms with E-state index in [1.165, 1.54) is 0 Å². The Balaban J connectivity index is -0.0000000250. The molecule has 8 N–H and O–H groups in total. The maximum Gasteiger partial charge on any atom is 0 e. The van der Waals surface area contributed by atoms with Crippen molar-refractivity contribution >= 4 is 91.2 Å². The Kier molecular flexibility index (Phi) is 84.1. The van der Waals surface area contributed by atoms with Gasteiger partial charge in [0.1, 0.15) is 0 Å². The fourth-order valence-corrected chi connectivity index (χ4v) is 0. The van der Waals surface area contributed by atoms with Gasteiger partial charge in [-0.25, -0.2) is 0 Å². The minimum atomic E-state index is -0.833. The largest absolute Gasteiger partial charge is 0 e. The van der Waals surface area contributed by atoms with Crippen molar-refractivity contribution in [1.82, 2.24) is 0 Å². The second-order valence-corrected chi connectivity index (χ2v) is 2.65. The number of aliphatic carboxylic acids is 4. The quantitative estimate of drug-likeness (QED) is 0.281. The molecule has 22 heavy (non-hydrogen) atoms. The van der Waals surface area contributed by atoms with E-state index in [1.807, 2.05) is 0 Å². The van der Waals surface area contributed by atoms with Crippen LogP contribution in [-0.2, 0) is 19.2 Å². The second-order valence-electron chi connectivity index (χ2n) is 2.65. The third-order valence-corrected chi connectivity index (χ3v) is 0.167. The number of hydrogen-bond acceptors (Lipinski definition) is 6. The molecule has 0 rings (SSSR count). The van der Waals surface area contributed by atoms with Gasteiger partial charge in [0.15, 0.2) is 0 Å². The average Bonchev–Trinajstić information content (AvgIpc) is 2.13. The zero-order valence-electron chi connectivity index (χ0n) is 13.0. The molecule has 0 heterocycles. The molecule has 0 aliphatic rings. The van der Waals surface area contributed by atoms with Crippen molar-refractivity contribution < 1.29 is 39.6 Å². The van der Waals surface area contributed by atoms with Crippen molar-refractivity contribution in [2.24, 2.45) is 11.5 Å². The van der Waals surface area contributed by atoms with Crippen LogP contribution in [0.4, 0.5) is 0 Å². The van der Waals surface area contributed by atoms with E-state index in [-0.39, 0.29) is 67.3 Å². The summed E-state index contributed by atoms with van der Waals surface area (Å²) in [6, 6.07) is 0. The van der Waals surface area contributed by atoms with Gasteiger partial charge in [-0.15, -0.1) is 0 Å². The first-order valence-electron chi connectivity index (χ1n) is 5.03. The van der Waals surface area contributed by atoms with E-state index in [0.717, 1.165) is 27.7 Å². The van der Waals surface area contributed by atoms with Crippen LogP contribution >= 0.6 is 0 Å². The van der Waals surface area contributed by atoms with Crippen molar-refractivity contribution in [2.45, 2.75) is 27.7 Å². The van der Waals surface area contributed by atoms with Crippen molar-refractivity contribution in [3.05, 3.63) is 0 Å². The average molecular weight is 365 g/mol. The number of hydrogen-bond donors (Lipinski definition) is 6. The Morgan fingerprint density at radius 3 is 0.682 bits per heavy atom. The molecule has 1 radical (unpaired) electrons. The Bertz CT molecular complexity index is 201. The van der Waals surface area contributed by atoms with Crippen LogP contribution in [0.1, 0.15) is 27.7 Å². The molecule has 0 saturated carbocycles. The van der Waals surface area contributed by atoms with Crippen LogP contribution in [-0.4, -0.2) is 125 Å². The van der Waals surface area contributed by atoms with E-state index in [0.29, 0.717) is 13.1 Å². The molecule has 12 heteroatoms. The maximum absolute atomic E-state index is 9.00. The molecule has 0 aromatic heterocycles. The van der Waals surface area contributed by atoms with Crippen LogP contribution in [0, 0.1) is 0 Å². The fraction of sp³-hybridized carbons (Fsp3) is 0.600. The second kappa shape index (κ2) is 42.9. The summed E-state index contributed by atoms with van der Waals surface area (Å²) in [6.07, 6.45) is 0. The first-order chi connectivity index (χ1) is 8.84. The number of carboxylic acid groups (broad SMARTS) is 4. The standard InChI is InChI=1S/C2H8N2.4C2H4O2.Ca.Na.2H/c3-1-2-4;4*1-2(3)4;;;;/h1-4H2;4*1H3,(H,3,4);;;;. The zero-order valence-corrected chi connectivity index (χ0v) is 15.0. The third-order valence-electron chi connectivity index (χ3n) is 0.167. The van der Waals surface area contributed by atoms with Gasteiger partial charge in [0, 0.05) is 70.3 Å². The van der Waals surface area contributed by atoms with Crippen molar-refractivity contribution in [2.75, 3.05) is 13.1 Å². The summed E-state index contributed by atoms with van der Waals surface area (Å²) in [7, 11) is 0. The topological polar surface area (TPSA) is 201 Å². The molecule has 0 atom stereocenters. The molecule has 0 bridgehead atoms. The van der Waals surface area contributed by atoms with Crippen LogP contribution in [0.15, 0.2) is 0 Å². The van der Waals surface area contributed by atoms with Gasteiger partial charge < -0.3 is 31.9 Å². The monoisotopic (exact) mass is 365 g/mol. The molecule has 0 aliphatic heterocycles. The van der Waals surface area contributed by atoms with E-state index in [9.17, 15) is 0 Å². The molecular formula is C10H26CaN2NaO8. The summed E-state index contributed by atoms with van der Waals surface area (Å²) in [5.74, 6) is -3.33. The predicted octanol–water partition coefficient (Wildman–Crippen LogP) is -2.03. The first kappa shape index (κ1) is 43.1. The number of carboxylic acids is 4. The van der Waals surface area contributed by atoms with Gasteiger partial charge >= 0.3 is 37.7 Å². The molecule has 0 saturated heterocycles. The Hall–Kier alpha value is 0.0597. The summed E-state index contributed by atoms with van der Waals surface area (Å²) in [5, 5.41) is 29.7. The Morgan fingerprint density at radius 2 is 0.682 bits per heavy atom. The van der Waals surface area contributed by atoms with Gasteiger partial charge in [0.2, 0.25) is 0 Å². The summed E-state index contributed by atoms with van der Waals surface area (Å²) in [4.78, 5) is 36.0. The van der Waals surface area contributed by atoms with Crippen LogP contribution in [0.2, 0.25) is 0 Å². The summed E-state index contributed by atoms with van der Waals surface area (Å²) < 4.78 is 0. The summed E-state index contributed by atoms with van der Waals surface area (Å²) in [5.41, 5.74) is 9.81. The summed E-state index contributed by atoms with van der Waals surface area (Å²) >= 11 is 0. The molecule has 0 aliphatic carbocycles. The maximum atomic E-state index is 9.00. The van der Waals surface area contributed by atoms with Gasteiger partial charge in [0.05, 0.1) is 0 Å². The van der Waals surface area contributed by atoms with E-state index in [2.05, 4.69) is 0 Å². The molecule has 0 fully saturated rings. The molecule has 0 aromatic carbocycles. The minimum Gasteiger partial charge on any atom is 0 e. The molecule has 0 aromatic rings. The van der Waals surface area contributed by atoms with Crippen molar-refractivity contribution in [3.8, 4) is 0 Å². The number of rotatable bonds is 1. The fourth-order valence-electron chi connectivity index (χ4n) is 0. The number of nitrogens with two attached hydrogens (primary N) is 2. The SMILES string of the molecule is CC(=O)O.CC(=O)O.CC(=O)O.CC(=O)O.NCCN.[CaH2].[Na]. The van der Waals surface area contributed by atoms with E-state index < -0.39 is 23.9 Å². The number of carbonyl (C=O) groups is 4. The smallest absolute Gasteiger partial charge is 0 e. The molecule has 127 valence electrons. The Labute approximate surface area is 181 Å². The summed E-state index contributed by atoms with van der Waals surface area (Å²) in [6.45, 7) is 5.53. The van der Waals surface area contributed by atoms with Crippen LogP contribution in [0.5, 0.6) is 0 Å². The normalized spacial score (nSPS) is 5.91. The van der Waals surface area contributed by atoms with Crippen molar-refractivity contribution in [3.63, 3.8) is 0 Å².